The van der Waals surface area contributed by atoms with E-state index >= 15 is 0 Å². The predicted octanol–water partition coefficient (Wildman–Crippen LogP) is 4.39. The first-order chi connectivity index (χ1) is 8.31. The zero-order chi connectivity index (χ0) is 12.1. The van der Waals surface area contributed by atoms with Gasteiger partial charge in [-0.15, -0.1) is 0 Å². The smallest absolute Gasteiger partial charge is 0.0659 e. The standard InChI is InChI=1S/C16H15N/c1-3-14-9-5-6-10-15(14)12-17-16-11-7-4-8-13(16)2/h3-12H,1H2,2H3. The molecule has 0 radical (unpaired) electrons. The van der Waals surface area contributed by atoms with Crippen molar-refractivity contribution >= 4 is 18.0 Å². The van der Waals surface area contributed by atoms with Crippen LogP contribution in [-0.2, 0) is 0 Å². The summed E-state index contributed by atoms with van der Waals surface area (Å²) in [6, 6.07) is 16.2. The molecule has 0 spiro atoms. The van der Waals surface area contributed by atoms with Crippen LogP contribution in [0.2, 0.25) is 0 Å². The van der Waals surface area contributed by atoms with Gasteiger partial charge in [0.2, 0.25) is 0 Å². The number of hydrogen-bond donors (Lipinski definition) is 0. The Kier molecular flexibility index (Phi) is 3.51. The first kappa shape index (κ1) is 11.3. The van der Waals surface area contributed by atoms with E-state index in [9.17, 15) is 0 Å². The molecular weight excluding hydrogens is 206 g/mol. The second-order valence-electron chi connectivity index (χ2n) is 3.88. The van der Waals surface area contributed by atoms with Crippen LogP contribution in [0.1, 0.15) is 16.7 Å². The van der Waals surface area contributed by atoms with Crippen molar-refractivity contribution in [3.63, 3.8) is 0 Å². The van der Waals surface area contributed by atoms with Gasteiger partial charge >= 0.3 is 0 Å². The molecule has 2 rings (SSSR count). The zero-order valence-electron chi connectivity index (χ0n) is 9.93. The third-order valence-electron chi connectivity index (χ3n) is 2.67. The Morgan fingerprint density at radius 3 is 2.29 bits per heavy atom. The Balaban J connectivity index is 2.32. The van der Waals surface area contributed by atoms with Crippen molar-refractivity contribution in [2.24, 2.45) is 4.99 Å². The molecule has 1 heteroatoms. The number of aliphatic imine (C=N–C) groups is 1. The molecule has 0 aliphatic carbocycles. The molecule has 0 atom stereocenters. The Morgan fingerprint density at radius 1 is 0.941 bits per heavy atom. The molecule has 0 aliphatic rings. The van der Waals surface area contributed by atoms with Crippen molar-refractivity contribution in [2.75, 3.05) is 0 Å². The van der Waals surface area contributed by atoms with Crippen LogP contribution >= 0.6 is 0 Å². The molecule has 0 aliphatic heterocycles. The van der Waals surface area contributed by atoms with Crippen molar-refractivity contribution < 1.29 is 0 Å². The van der Waals surface area contributed by atoms with Crippen LogP contribution in [0.4, 0.5) is 5.69 Å². The maximum absolute atomic E-state index is 4.51. The fourth-order valence-electron chi connectivity index (χ4n) is 1.66. The molecule has 2 aromatic rings. The summed E-state index contributed by atoms with van der Waals surface area (Å²) in [7, 11) is 0. The molecule has 0 heterocycles. The minimum atomic E-state index is 1.01. The molecule has 0 N–H and O–H groups in total. The molecule has 84 valence electrons. The van der Waals surface area contributed by atoms with Crippen molar-refractivity contribution in [1.82, 2.24) is 0 Å². The second-order valence-corrected chi connectivity index (χ2v) is 3.88. The van der Waals surface area contributed by atoms with E-state index in [1.807, 2.05) is 54.8 Å². The summed E-state index contributed by atoms with van der Waals surface area (Å²) in [6.07, 6.45) is 3.73. The van der Waals surface area contributed by atoms with Crippen molar-refractivity contribution in [2.45, 2.75) is 6.92 Å². The second kappa shape index (κ2) is 5.26. The van der Waals surface area contributed by atoms with E-state index in [4.69, 9.17) is 0 Å². The Bertz CT molecular complexity index is 553. The third-order valence-corrected chi connectivity index (χ3v) is 2.67. The van der Waals surface area contributed by atoms with Crippen LogP contribution in [-0.4, -0.2) is 6.21 Å². The van der Waals surface area contributed by atoms with E-state index < -0.39 is 0 Å². The molecule has 2 aromatic carbocycles. The number of aryl methyl sites for hydroxylation is 1. The minimum Gasteiger partial charge on any atom is -0.256 e. The largest absolute Gasteiger partial charge is 0.256 e. The average molecular weight is 221 g/mol. The van der Waals surface area contributed by atoms with Gasteiger partial charge in [-0.3, -0.25) is 4.99 Å². The molecule has 0 aromatic heterocycles. The van der Waals surface area contributed by atoms with Crippen molar-refractivity contribution in [1.29, 1.82) is 0 Å². The lowest BCUT2D eigenvalue weighted by Crippen LogP contribution is -1.85. The maximum Gasteiger partial charge on any atom is 0.0659 e. The lowest BCUT2D eigenvalue weighted by molar-refractivity contribution is 1.40. The quantitative estimate of drug-likeness (QED) is 0.682. The van der Waals surface area contributed by atoms with E-state index in [0.717, 1.165) is 16.8 Å². The highest BCUT2D eigenvalue weighted by atomic mass is 14.7. The molecule has 17 heavy (non-hydrogen) atoms. The van der Waals surface area contributed by atoms with Gasteiger partial charge in [0.15, 0.2) is 0 Å². The zero-order valence-corrected chi connectivity index (χ0v) is 9.93. The monoisotopic (exact) mass is 221 g/mol. The van der Waals surface area contributed by atoms with Crippen LogP contribution in [0.15, 0.2) is 60.1 Å². The summed E-state index contributed by atoms with van der Waals surface area (Å²) >= 11 is 0. The van der Waals surface area contributed by atoms with E-state index in [1.54, 1.807) is 0 Å². The Labute approximate surface area is 102 Å². The Morgan fingerprint density at radius 2 is 1.59 bits per heavy atom. The van der Waals surface area contributed by atoms with E-state index in [2.05, 4.69) is 24.6 Å². The maximum atomic E-state index is 4.51. The first-order valence-electron chi connectivity index (χ1n) is 5.62. The average Bonchev–Trinajstić information content (AvgIpc) is 2.38. The molecule has 1 nitrogen and oxygen atoms in total. The lowest BCUT2D eigenvalue weighted by Gasteiger charge is -2.01. The van der Waals surface area contributed by atoms with E-state index in [0.29, 0.717) is 0 Å². The van der Waals surface area contributed by atoms with Gasteiger partial charge in [-0.25, -0.2) is 0 Å². The fourth-order valence-corrected chi connectivity index (χ4v) is 1.66. The van der Waals surface area contributed by atoms with Gasteiger partial charge in [0.05, 0.1) is 5.69 Å². The number of hydrogen-bond acceptors (Lipinski definition) is 1. The van der Waals surface area contributed by atoms with Crippen molar-refractivity contribution in [3.8, 4) is 0 Å². The van der Waals surface area contributed by atoms with Gasteiger partial charge in [0.1, 0.15) is 0 Å². The van der Waals surface area contributed by atoms with Gasteiger partial charge in [-0.05, 0) is 29.7 Å². The van der Waals surface area contributed by atoms with Crippen LogP contribution in [0.25, 0.3) is 6.08 Å². The molecule has 0 saturated heterocycles. The van der Waals surface area contributed by atoms with Crippen LogP contribution in [0.3, 0.4) is 0 Å². The van der Waals surface area contributed by atoms with E-state index in [1.165, 1.54) is 5.56 Å². The van der Waals surface area contributed by atoms with Gasteiger partial charge in [-0.1, -0.05) is 55.1 Å². The summed E-state index contributed by atoms with van der Waals surface area (Å²) in [6.45, 7) is 5.86. The normalized spacial score (nSPS) is 10.6. The number of benzene rings is 2. The number of nitrogens with zero attached hydrogens (tertiary/aromatic N) is 1. The first-order valence-corrected chi connectivity index (χ1v) is 5.62. The molecule has 0 bridgehead atoms. The van der Waals surface area contributed by atoms with E-state index in [-0.39, 0.29) is 0 Å². The predicted molar refractivity (Wildman–Crippen MR) is 75.0 cm³/mol. The van der Waals surface area contributed by atoms with Crippen LogP contribution in [0, 0.1) is 6.92 Å². The SMILES string of the molecule is C=Cc1ccccc1C=Nc1ccccc1C. The molecule has 0 fully saturated rings. The third kappa shape index (κ3) is 2.70. The highest BCUT2D eigenvalue weighted by Gasteiger charge is 1.95. The van der Waals surface area contributed by atoms with Gasteiger partial charge in [0.25, 0.3) is 0 Å². The molecular formula is C16H15N. The van der Waals surface area contributed by atoms with Gasteiger partial charge in [-0.2, -0.15) is 0 Å². The molecule has 0 saturated carbocycles. The van der Waals surface area contributed by atoms with Crippen LogP contribution < -0.4 is 0 Å². The van der Waals surface area contributed by atoms with Gasteiger partial charge in [0, 0.05) is 6.21 Å². The van der Waals surface area contributed by atoms with Crippen LogP contribution in [0.5, 0.6) is 0 Å². The van der Waals surface area contributed by atoms with Crippen molar-refractivity contribution in [3.05, 3.63) is 71.8 Å². The topological polar surface area (TPSA) is 12.4 Å². The molecule has 0 unspecified atom stereocenters. The summed E-state index contributed by atoms with van der Waals surface area (Å²) in [5.41, 5.74) is 4.38. The highest BCUT2D eigenvalue weighted by molar-refractivity contribution is 5.87. The summed E-state index contributed by atoms with van der Waals surface area (Å²) in [5, 5.41) is 0. The summed E-state index contributed by atoms with van der Waals surface area (Å²) in [5.74, 6) is 0. The van der Waals surface area contributed by atoms with Gasteiger partial charge < -0.3 is 0 Å². The minimum absolute atomic E-state index is 1.01. The number of para-hydroxylation sites is 1. The molecule has 0 amide bonds. The number of rotatable bonds is 3. The highest BCUT2D eigenvalue weighted by Crippen LogP contribution is 2.17. The lowest BCUT2D eigenvalue weighted by atomic mass is 10.1. The fraction of sp³-hybridized carbons (Fsp3) is 0.0625. The Hall–Kier alpha value is -2.15. The summed E-state index contributed by atoms with van der Waals surface area (Å²) in [4.78, 5) is 4.51. The summed E-state index contributed by atoms with van der Waals surface area (Å²) < 4.78 is 0.